The van der Waals surface area contributed by atoms with Crippen LogP contribution in [0, 0.1) is 19.1 Å². The maximum atomic E-state index is 13.0. The van der Waals surface area contributed by atoms with E-state index in [-0.39, 0.29) is 6.61 Å². The maximum absolute atomic E-state index is 13.0. The van der Waals surface area contributed by atoms with Crippen molar-refractivity contribution in [2.75, 3.05) is 6.61 Å². The summed E-state index contributed by atoms with van der Waals surface area (Å²) in [4.78, 5) is 13.0. The fraction of sp³-hybridized carbons (Fsp3) is 0.520. The summed E-state index contributed by atoms with van der Waals surface area (Å²) in [6.45, 7) is 11.6. The highest BCUT2D eigenvalue weighted by Gasteiger charge is 2.34. The van der Waals surface area contributed by atoms with Crippen molar-refractivity contribution in [3.8, 4) is 0 Å². The number of aromatic nitrogens is 1. The van der Waals surface area contributed by atoms with Gasteiger partial charge in [-0.05, 0) is 83.1 Å². The topological polar surface area (TPSA) is 62.5 Å². The van der Waals surface area contributed by atoms with E-state index in [4.69, 9.17) is 9.47 Å². The number of ether oxygens (including phenoxy) is 2. The van der Waals surface area contributed by atoms with Crippen LogP contribution in [0.2, 0.25) is 0 Å². The zero-order valence-electron chi connectivity index (χ0n) is 19.0. The van der Waals surface area contributed by atoms with Gasteiger partial charge >= 0.3 is 5.97 Å². The molecule has 0 radical (unpaired) electrons. The molecule has 2 aromatic rings. The molecular weight excluding hydrogens is 378 g/mol. The van der Waals surface area contributed by atoms with Gasteiger partial charge in [0.1, 0.15) is 0 Å². The minimum absolute atomic E-state index is 0.285. The molecule has 1 atom stereocenters. The van der Waals surface area contributed by atoms with Crippen molar-refractivity contribution >= 4 is 22.4 Å². The van der Waals surface area contributed by atoms with Gasteiger partial charge in [0.05, 0.1) is 17.6 Å². The lowest BCUT2D eigenvalue weighted by molar-refractivity contribution is -0.584. The molecule has 0 aliphatic heterocycles. The van der Waals surface area contributed by atoms with E-state index in [1.807, 2.05) is 45.9 Å². The molecule has 162 valence electrons. The molecule has 5 heteroatoms. The van der Waals surface area contributed by atoms with Crippen molar-refractivity contribution in [2.24, 2.45) is 0 Å². The number of benzene rings is 1. The number of esters is 1. The summed E-state index contributed by atoms with van der Waals surface area (Å²) in [7, 11) is 0. The Labute approximate surface area is 179 Å². The Bertz CT molecular complexity index is 985. The predicted molar refractivity (Wildman–Crippen MR) is 119 cm³/mol. The zero-order chi connectivity index (χ0) is 22.1. The summed E-state index contributed by atoms with van der Waals surface area (Å²) in [5, 5.41) is 13.7. The molecule has 0 spiro atoms. The Morgan fingerprint density at radius 3 is 2.57 bits per heavy atom. The Hall–Kier alpha value is -2.40. The molecular formula is C25H33NO4. The number of carbonyl (C=O) groups is 1. The van der Waals surface area contributed by atoms with E-state index in [1.54, 1.807) is 13.8 Å². The van der Waals surface area contributed by atoms with Crippen LogP contribution in [0.4, 0.5) is 0 Å². The van der Waals surface area contributed by atoms with Gasteiger partial charge in [-0.2, -0.15) is 4.73 Å². The molecule has 0 N–H and O–H groups in total. The van der Waals surface area contributed by atoms with Crippen LogP contribution in [0.1, 0.15) is 81.9 Å². The molecule has 0 saturated heterocycles. The second-order valence-electron chi connectivity index (χ2n) is 9.02. The van der Waals surface area contributed by atoms with Gasteiger partial charge in [0.25, 0.3) is 0 Å². The van der Waals surface area contributed by atoms with Crippen molar-refractivity contribution in [3.05, 3.63) is 51.9 Å². The highest BCUT2D eigenvalue weighted by atomic mass is 16.6. The number of rotatable bonds is 5. The Morgan fingerprint density at radius 2 is 1.97 bits per heavy atom. The maximum Gasteiger partial charge on any atom is 0.339 e. The Kier molecular flexibility index (Phi) is 6.51. The first-order valence-corrected chi connectivity index (χ1v) is 10.8. The Balaban J connectivity index is 2.36. The molecule has 5 nitrogen and oxygen atoms in total. The van der Waals surface area contributed by atoms with E-state index < -0.39 is 17.7 Å². The quantitative estimate of drug-likeness (QED) is 0.372. The first-order valence-electron chi connectivity index (χ1n) is 10.8. The number of pyridine rings is 1. The lowest BCUT2D eigenvalue weighted by Gasteiger charge is -2.30. The van der Waals surface area contributed by atoms with Crippen molar-refractivity contribution in [3.63, 3.8) is 0 Å². The van der Waals surface area contributed by atoms with Crippen LogP contribution in [0.15, 0.2) is 24.3 Å². The highest BCUT2D eigenvalue weighted by Crippen LogP contribution is 2.40. The third-order valence-corrected chi connectivity index (χ3v) is 5.47. The average molecular weight is 412 g/mol. The number of allylic oxidation sites excluding steroid dienone is 2. The second-order valence-corrected chi connectivity index (χ2v) is 9.02. The first-order chi connectivity index (χ1) is 14.1. The van der Waals surface area contributed by atoms with Crippen molar-refractivity contribution in [1.82, 2.24) is 0 Å². The van der Waals surface area contributed by atoms with Crippen LogP contribution in [-0.2, 0) is 14.3 Å². The van der Waals surface area contributed by atoms with Crippen LogP contribution in [0.25, 0.3) is 16.5 Å². The lowest BCUT2D eigenvalue weighted by Crippen LogP contribution is -2.32. The van der Waals surface area contributed by atoms with E-state index in [1.165, 1.54) is 5.57 Å². The van der Waals surface area contributed by atoms with Crippen LogP contribution < -0.4 is 4.73 Å². The van der Waals surface area contributed by atoms with Crippen LogP contribution in [0.3, 0.4) is 0 Å². The number of aryl methyl sites for hydroxylation is 2. The molecule has 3 rings (SSSR count). The number of fused-ring (bicyclic) bond motifs is 1. The van der Waals surface area contributed by atoms with E-state index in [0.717, 1.165) is 52.5 Å². The normalized spacial score (nSPS) is 15.7. The summed E-state index contributed by atoms with van der Waals surface area (Å²) in [6.07, 6.45) is 5.56. The third-order valence-electron chi connectivity index (χ3n) is 5.47. The van der Waals surface area contributed by atoms with Gasteiger partial charge in [0.15, 0.2) is 11.8 Å². The molecule has 0 bridgehead atoms. The minimum atomic E-state index is -0.853. The van der Waals surface area contributed by atoms with Crippen LogP contribution >= 0.6 is 0 Å². The molecule has 30 heavy (non-hydrogen) atoms. The fourth-order valence-corrected chi connectivity index (χ4v) is 4.17. The van der Waals surface area contributed by atoms with Gasteiger partial charge in [0.2, 0.25) is 5.52 Å². The lowest BCUT2D eigenvalue weighted by atomic mass is 9.84. The molecule has 1 aliphatic rings. The standard InChI is InChI=1S/C25H33NO4/c1-7-29-24(27)23(30-25(4,5)6)21-16(2)15-20-19(14-13-17(3)26(20)28)22(21)18-11-9-8-10-12-18/h11,13-15,23H,7-10,12H2,1-6H3. The number of nitrogens with zero attached hydrogens (tertiary/aromatic N) is 1. The molecule has 0 fully saturated rings. The summed E-state index contributed by atoms with van der Waals surface area (Å²) in [6, 6.07) is 5.70. The van der Waals surface area contributed by atoms with E-state index >= 15 is 0 Å². The first kappa shape index (κ1) is 22.3. The molecule has 0 saturated carbocycles. The summed E-state index contributed by atoms with van der Waals surface area (Å²) < 4.78 is 12.6. The SMILES string of the molecule is CCOC(=O)C(OC(C)(C)C)c1c(C)cc2c(ccc(C)[n+]2[O-])c1C1=CCCCC1. The molecule has 1 aliphatic carbocycles. The molecule has 1 unspecified atom stereocenters. The predicted octanol–water partition coefficient (Wildman–Crippen LogP) is 5.47. The largest absolute Gasteiger partial charge is 0.618 e. The van der Waals surface area contributed by atoms with Crippen molar-refractivity contribution in [1.29, 1.82) is 0 Å². The molecule has 1 aromatic heterocycles. The Morgan fingerprint density at radius 1 is 1.23 bits per heavy atom. The van der Waals surface area contributed by atoms with Gasteiger partial charge < -0.3 is 14.7 Å². The molecule has 1 heterocycles. The smallest absolute Gasteiger partial charge is 0.339 e. The zero-order valence-corrected chi connectivity index (χ0v) is 19.0. The minimum Gasteiger partial charge on any atom is -0.618 e. The van der Waals surface area contributed by atoms with Crippen molar-refractivity contribution < 1.29 is 19.0 Å². The fourth-order valence-electron chi connectivity index (χ4n) is 4.17. The van der Waals surface area contributed by atoms with E-state index in [9.17, 15) is 10.0 Å². The average Bonchev–Trinajstić information content (AvgIpc) is 2.69. The van der Waals surface area contributed by atoms with E-state index in [2.05, 4.69) is 6.08 Å². The highest BCUT2D eigenvalue weighted by molar-refractivity contribution is 5.95. The molecule has 0 amide bonds. The van der Waals surface area contributed by atoms with Gasteiger partial charge in [-0.1, -0.05) is 6.08 Å². The summed E-state index contributed by atoms with van der Waals surface area (Å²) in [5.74, 6) is -0.394. The van der Waals surface area contributed by atoms with Crippen molar-refractivity contribution in [2.45, 2.75) is 78.9 Å². The summed E-state index contributed by atoms with van der Waals surface area (Å²) in [5.41, 5.74) is 4.54. The van der Waals surface area contributed by atoms with Gasteiger partial charge in [-0.25, -0.2) is 4.79 Å². The molecule has 1 aromatic carbocycles. The summed E-state index contributed by atoms with van der Waals surface area (Å²) >= 11 is 0. The van der Waals surface area contributed by atoms with Crippen LogP contribution in [-0.4, -0.2) is 18.2 Å². The van der Waals surface area contributed by atoms with Gasteiger partial charge in [-0.15, -0.1) is 0 Å². The second kappa shape index (κ2) is 8.76. The number of hydrogen-bond donors (Lipinski definition) is 0. The third kappa shape index (κ3) is 4.51. The van der Waals surface area contributed by atoms with Crippen LogP contribution in [0.5, 0.6) is 0 Å². The van der Waals surface area contributed by atoms with E-state index in [0.29, 0.717) is 11.2 Å². The van der Waals surface area contributed by atoms with Gasteiger partial charge in [0, 0.05) is 24.6 Å². The van der Waals surface area contributed by atoms with Gasteiger partial charge in [-0.3, -0.25) is 0 Å². The number of carbonyl (C=O) groups excluding carboxylic acids is 1. The monoisotopic (exact) mass is 411 g/mol. The number of hydrogen-bond acceptors (Lipinski definition) is 4.